The first-order valence-electron chi connectivity index (χ1n) is 4.53. The maximum absolute atomic E-state index is 11.2. The molecular weight excluding hydrogens is 150 g/mol. The molecule has 0 aromatic heterocycles. The zero-order valence-corrected chi connectivity index (χ0v) is 8.98. The fraction of sp³-hybridized carbons (Fsp3) is 0.900. The van der Waals surface area contributed by atoms with Crippen molar-refractivity contribution in [3.8, 4) is 0 Å². The monoisotopic (exact) mass is 171 g/mol. The van der Waals surface area contributed by atoms with Crippen LogP contribution in [0, 0.1) is 5.41 Å². The highest BCUT2D eigenvalue weighted by Gasteiger charge is 2.11. The molecule has 2 heteroatoms. The average Bonchev–Trinajstić information content (AvgIpc) is 1.84. The molecule has 0 saturated heterocycles. The number of carbonyl (C=O) groups is 1. The molecule has 0 spiro atoms. The summed E-state index contributed by atoms with van der Waals surface area (Å²) in [5.41, 5.74) is 0.354. The largest absolute Gasteiger partial charge is 0.349 e. The van der Waals surface area contributed by atoms with E-state index in [1.165, 1.54) is 0 Å². The van der Waals surface area contributed by atoms with Gasteiger partial charge in [0, 0.05) is 20.5 Å². The van der Waals surface area contributed by atoms with Crippen LogP contribution in [0.25, 0.3) is 0 Å². The number of rotatable bonds is 3. The van der Waals surface area contributed by atoms with Crippen molar-refractivity contribution >= 4 is 5.91 Å². The van der Waals surface area contributed by atoms with E-state index >= 15 is 0 Å². The first kappa shape index (κ1) is 11.5. The van der Waals surface area contributed by atoms with Crippen LogP contribution in [0.15, 0.2) is 0 Å². The van der Waals surface area contributed by atoms with Gasteiger partial charge in [0.2, 0.25) is 5.91 Å². The Balaban J connectivity index is 3.51. The summed E-state index contributed by atoms with van der Waals surface area (Å²) >= 11 is 0. The van der Waals surface area contributed by atoms with E-state index in [1.54, 1.807) is 19.0 Å². The predicted octanol–water partition coefficient (Wildman–Crippen LogP) is 2.29. The van der Waals surface area contributed by atoms with Gasteiger partial charge in [-0.2, -0.15) is 0 Å². The van der Waals surface area contributed by atoms with Gasteiger partial charge in [0.05, 0.1) is 0 Å². The zero-order valence-electron chi connectivity index (χ0n) is 8.98. The van der Waals surface area contributed by atoms with Crippen molar-refractivity contribution in [2.45, 2.75) is 40.0 Å². The van der Waals surface area contributed by atoms with Crippen LogP contribution in [0.4, 0.5) is 0 Å². The van der Waals surface area contributed by atoms with E-state index in [0.29, 0.717) is 11.8 Å². The lowest BCUT2D eigenvalue weighted by molar-refractivity contribution is -0.128. The summed E-state index contributed by atoms with van der Waals surface area (Å²) in [6, 6.07) is 0. The molecule has 0 fully saturated rings. The minimum Gasteiger partial charge on any atom is -0.349 e. The molecule has 0 saturated carbocycles. The number of hydrogen-bond donors (Lipinski definition) is 0. The summed E-state index contributed by atoms with van der Waals surface area (Å²) in [4.78, 5) is 12.8. The average molecular weight is 171 g/mol. The standard InChI is InChI=1S/C10H21NO/c1-10(2,3)8-6-7-9(12)11(4)5/h6-8H2,1-5H3. The van der Waals surface area contributed by atoms with Gasteiger partial charge in [-0.1, -0.05) is 20.8 Å². The fourth-order valence-corrected chi connectivity index (χ4v) is 0.994. The second kappa shape index (κ2) is 4.48. The van der Waals surface area contributed by atoms with Gasteiger partial charge in [0.15, 0.2) is 0 Å². The lowest BCUT2D eigenvalue weighted by Gasteiger charge is -2.18. The molecule has 0 aliphatic rings. The van der Waals surface area contributed by atoms with Crippen LogP contribution in [0.1, 0.15) is 40.0 Å². The number of carbonyl (C=O) groups excluding carboxylic acids is 1. The Kier molecular flexibility index (Phi) is 4.29. The SMILES string of the molecule is CN(C)C(=O)CCCC(C)(C)C. The van der Waals surface area contributed by atoms with Crippen LogP contribution in [0.3, 0.4) is 0 Å². The Morgan fingerprint density at radius 1 is 1.25 bits per heavy atom. The smallest absolute Gasteiger partial charge is 0.222 e. The molecular formula is C10H21NO. The molecule has 0 bridgehead atoms. The van der Waals surface area contributed by atoms with Crippen LogP contribution in [0.5, 0.6) is 0 Å². The summed E-state index contributed by atoms with van der Waals surface area (Å²) in [5, 5.41) is 0. The highest BCUT2D eigenvalue weighted by atomic mass is 16.2. The fourth-order valence-electron chi connectivity index (χ4n) is 0.994. The molecule has 12 heavy (non-hydrogen) atoms. The molecule has 0 aliphatic carbocycles. The van der Waals surface area contributed by atoms with E-state index in [0.717, 1.165) is 12.8 Å². The van der Waals surface area contributed by atoms with Gasteiger partial charge in [0.1, 0.15) is 0 Å². The molecule has 0 radical (unpaired) electrons. The molecule has 0 aromatic rings. The first-order chi connectivity index (χ1) is 5.33. The van der Waals surface area contributed by atoms with Crippen LogP contribution >= 0.6 is 0 Å². The van der Waals surface area contributed by atoms with Crippen molar-refractivity contribution in [2.75, 3.05) is 14.1 Å². The van der Waals surface area contributed by atoms with E-state index in [2.05, 4.69) is 20.8 Å². The summed E-state index contributed by atoms with van der Waals surface area (Å²) in [6.45, 7) is 6.60. The summed E-state index contributed by atoms with van der Waals surface area (Å²) < 4.78 is 0. The van der Waals surface area contributed by atoms with Crippen molar-refractivity contribution in [3.05, 3.63) is 0 Å². The summed E-state index contributed by atoms with van der Waals surface area (Å²) in [7, 11) is 3.61. The summed E-state index contributed by atoms with van der Waals surface area (Å²) in [6.07, 6.45) is 2.80. The highest BCUT2D eigenvalue weighted by Crippen LogP contribution is 2.21. The Morgan fingerprint density at radius 2 is 1.75 bits per heavy atom. The van der Waals surface area contributed by atoms with Gasteiger partial charge in [-0.05, 0) is 18.3 Å². The molecule has 0 unspecified atom stereocenters. The van der Waals surface area contributed by atoms with Gasteiger partial charge in [-0.25, -0.2) is 0 Å². The minimum absolute atomic E-state index is 0.235. The molecule has 0 aromatic carbocycles. The van der Waals surface area contributed by atoms with Gasteiger partial charge in [-0.15, -0.1) is 0 Å². The second-order valence-corrected chi connectivity index (χ2v) is 4.70. The van der Waals surface area contributed by atoms with Crippen molar-refractivity contribution < 1.29 is 4.79 Å². The summed E-state index contributed by atoms with van der Waals surface area (Å²) in [5.74, 6) is 0.235. The van der Waals surface area contributed by atoms with Gasteiger partial charge in [0.25, 0.3) is 0 Å². The third kappa shape index (κ3) is 6.20. The molecule has 1 amide bonds. The molecule has 0 atom stereocenters. The normalized spacial score (nSPS) is 11.4. The lowest BCUT2D eigenvalue weighted by Crippen LogP contribution is -2.21. The van der Waals surface area contributed by atoms with Crippen molar-refractivity contribution in [3.63, 3.8) is 0 Å². The molecule has 0 heterocycles. The van der Waals surface area contributed by atoms with Crippen LogP contribution in [-0.4, -0.2) is 24.9 Å². The number of amides is 1. The lowest BCUT2D eigenvalue weighted by atomic mass is 9.90. The Bertz CT molecular complexity index is 144. The maximum atomic E-state index is 11.2. The third-order valence-electron chi connectivity index (χ3n) is 1.82. The van der Waals surface area contributed by atoms with Gasteiger partial charge >= 0.3 is 0 Å². The van der Waals surface area contributed by atoms with E-state index in [4.69, 9.17) is 0 Å². The molecule has 0 N–H and O–H groups in total. The maximum Gasteiger partial charge on any atom is 0.222 e. The van der Waals surface area contributed by atoms with Gasteiger partial charge in [-0.3, -0.25) is 4.79 Å². The van der Waals surface area contributed by atoms with Crippen LogP contribution in [0.2, 0.25) is 0 Å². The van der Waals surface area contributed by atoms with E-state index < -0.39 is 0 Å². The molecule has 2 nitrogen and oxygen atoms in total. The second-order valence-electron chi connectivity index (χ2n) is 4.70. The Morgan fingerprint density at radius 3 is 2.08 bits per heavy atom. The van der Waals surface area contributed by atoms with E-state index in [1.807, 2.05) is 0 Å². The molecule has 0 aliphatic heterocycles. The minimum atomic E-state index is 0.235. The topological polar surface area (TPSA) is 20.3 Å². The molecule has 72 valence electrons. The van der Waals surface area contributed by atoms with Crippen LogP contribution < -0.4 is 0 Å². The quantitative estimate of drug-likeness (QED) is 0.638. The van der Waals surface area contributed by atoms with Crippen molar-refractivity contribution in [2.24, 2.45) is 5.41 Å². The number of nitrogens with zero attached hydrogens (tertiary/aromatic N) is 1. The van der Waals surface area contributed by atoms with E-state index in [9.17, 15) is 4.79 Å². The Hall–Kier alpha value is -0.530. The van der Waals surface area contributed by atoms with Crippen molar-refractivity contribution in [1.29, 1.82) is 0 Å². The zero-order chi connectivity index (χ0) is 9.78. The highest BCUT2D eigenvalue weighted by molar-refractivity contribution is 5.75. The predicted molar refractivity (Wildman–Crippen MR) is 52.0 cm³/mol. The van der Waals surface area contributed by atoms with Crippen LogP contribution in [-0.2, 0) is 4.79 Å². The third-order valence-corrected chi connectivity index (χ3v) is 1.82. The van der Waals surface area contributed by atoms with Gasteiger partial charge < -0.3 is 4.90 Å². The Labute approximate surface area is 75.9 Å². The van der Waals surface area contributed by atoms with E-state index in [-0.39, 0.29) is 5.91 Å². The number of hydrogen-bond acceptors (Lipinski definition) is 1. The molecule has 0 rings (SSSR count). The first-order valence-corrected chi connectivity index (χ1v) is 4.53. The van der Waals surface area contributed by atoms with Crippen molar-refractivity contribution in [1.82, 2.24) is 4.90 Å².